The van der Waals surface area contributed by atoms with E-state index in [0.29, 0.717) is 13.1 Å². The summed E-state index contributed by atoms with van der Waals surface area (Å²) in [5.41, 5.74) is 8.84. The van der Waals surface area contributed by atoms with E-state index in [2.05, 4.69) is 21.4 Å². The van der Waals surface area contributed by atoms with Crippen LogP contribution in [0.25, 0.3) is 10.4 Å². The molecule has 0 aliphatic rings. The van der Waals surface area contributed by atoms with Crippen LogP contribution in [0.15, 0.2) is 29.4 Å². The molecule has 16 heavy (non-hydrogen) atoms. The molecule has 1 aromatic rings. The van der Waals surface area contributed by atoms with Crippen molar-refractivity contribution in [2.24, 2.45) is 5.11 Å². The third-order valence-electron chi connectivity index (χ3n) is 1.98. The number of hydrogen-bond donors (Lipinski definition) is 2. The number of benzene rings is 1. The Hall–Kier alpha value is -2.22. The zero-order valence-corrected chi connectivity index (χ0v) is 8.54. The molecule has 1 atom stereocenters. The molecule has 1 unspecified atom stereocenters. The molecule has 0 fully saturated rings. The minimum absolute atomic E-state index is 0.162. The summed E-state index contributed by atoms with van der Waals surface area (Å²) in [5, 5.41) is 24.3. The highest BCUT2D eigenvalue weighted by Gasteiger charge is 2.08. The van der Waals surface area contributed by atoms with Crippen LogP contribution in [0.5, 0.6) is 5.75 Å². The van der Waals surface area contributed by atoms with Gasteiger partial charge in [-0.1, -0.05) is 17.2 Å². The highest BCUT2D eigenvalue weighted by molar-refractivity contribution is 5.30. The number of phenolic OH excluding ortho intramolecular Hbond substituents is 1. The van der Waals surface area contributed by atoms with E-state index in [1.165, 1.54) is 12.1 Å². The van der Waals surface area contributed by atoms with Crippen LogP contribution in [-0.4, -0.2) is 18.2 Å². The third-order valence-corrected chi connectivity index (χ3v) is 1.98. The Balaban J connectivity index is 2.57. The van der Waals surface area contributed by atoms with Gasteiger partial charge in [-0.2, -0.15) is 5.26 Å². The van der Waals surface area contributed by atoms with E-state index in [1.807, 2.05) is 0 Å². The van der Waals surface area contributed by atoms with Crippen molar-refractivity contribution >= 4 is 0 Å². The van der Waals surface area contributed by atoms with Crippen LogP contribution in [0.3, 0.4) is 0 Å². The van der Waals surface area contributed by atoms with Crippen LogP contribution in [0, 0.1) is 11.3 Å². The average molecular weight is 217 g/mol. The van der Waals surface area contributed by atoms with Gasteiger partial charge < -0.3 is 5.11 Å². The number of hydrogen-bond acceptors (Lipinski definition) is 4. The number of azide groups is 1. The van der Waals surface area contributed by atoms with Gasteiger partial charge in [0.25, 0.3) is 0 Å². The van der Waals surface area contributed by atoms with E-state index >= 15 is 0 Å². The van der Waals surface area contributed by atoms with E-state index in [1.54, 1.807) is 12.1 Å². The van der Waals surface area contributed by atoms with Gasteiger partial charge in [0.2, 0.25) is 0 Å². The van der Waals surface area contributed by atoms with Gasteiger partial charge in [-0.25, -0.2) is 0 Å². The Morgan fingerprint density at radius 3 is 2.75 bits per heavy atom. The minimum atomic E-state index is -0.463. The summed E-state index contributed by atoms with van der Waals surface area (Å²) in [5.74, 6) is 0.162. The van der Waals surface area contributed by atoms with Gasteiger partial charge in [0.15, 0.2) is 0 Å². The van der Waals surface area contributed by atoms with E-state index in [4.69, 9.17) is 15.9 Å². The fraction of sp³-hybridized carbons (Fsp3) is 0.300. The zero-order chi connectivity index (χ0) is 11.8. The first-order valence-corrected chi connectivity index (χ1v) is 4.70. The fourth-order valence-corrected chi connectivity index (χ4v) is 1.21. The molecular weight excluding hydrogens is 206 g/mol. The number of aromatic hydroxyl groups is 1. The maximum Gasteiger partial charge on any atom is 0.121 e. The van der Waals surface area contributed by atoms with Gasteiger partial charge in [0, 0.05) is 18.0 Å². The first kappa shape index (κ1) is 11.9. The van der Waals surface area contributed by atoms with Crippen LogP contribution in [0.2, 0.25) is 0 Å². The minimum Gasteiger partial charge on any atom is -0.508 e. The highest BCUT2D eigenvalue weighted by Crippen LogP contribution is 2.15. The SMILES string of the molecule is N#CC(NCCN=[N+]=[N-])c1ccc(O)cc1. The van der Waals surface area contributed by atoms with E-state index in [0.717, 1.165) is 5.56 Å². The lowest BCUT2D eigenvalue weighted by atomic mass is 10.1. The predicted octanol–water partition coefficient (Wildman–Crippen LogP) is 1.86. The molecule has 6 nitrogen and oxygen atoms in total. The van der Waals surface area contributed by atoms with E-state index in [-0.39, 0.29) is 5.75 Å². The molecule has 0 saturated carbocycles. The lowest BCUT2D eigenvalue weighted by Gasteiger charge is -2.10. The van der Waals surface area contributed by atoms with Crippen LogP contribution >= 0.6 is 0 Å². The van der Waals surface area contributed by atoms with Crippen LogP contribution < -0.4 is 5.32 Å². The molecule has 1 rings (SSSR count). The molecule has 2 N–H and O–H groups in total. The molecule has 0 saturated heterocycles. The van der Waals surface area contributed by atoms with Gasteiger partial charge in [-0.15, -0.1) is 0 Å². The van der Waals surface area contributed by atoms with Gasteiger partial charge in [-0.3, -0.25) is 5.32 Å². The lowest BCUT2D eigenvalue weighted by Crippen LogP contribution is -2.22. The number of nitrogens with one attached hydrogen (secondary N) is 1. The summed E-state index contributed by atoms with van der Waals surface area (Å²) in [6, 6.07) is 8.01. The summed E-state index contributed by atoms with van der Waals surface area (Å²) in [4.78, 5) is 2.61. The van der Waals surface area contributed by atoms with Crippen molar-refractivity contribution in [1.82, 2.24) is 5.32 Å². The van der Waals surface area contributed by atoms with Gasteiger partial charge in [0.05, 0.1) is 6.07 Å². The Kier molecular flexibility index (Phi) is 4.67. The van der Waals surface area contributed by atoms with Crippen molar-refractivity contribution in [1.29, 1.82) is 5.26 Å². The second-order valence-electron chi connectivity index (χ2n) is 3.06. The van der Waals surface area contributed by atoms with Gasteiger partial charge in [-0.05, 0) is 23.2 Å². The number of nitriles is 1. The molecule has 0 aromatic heterocycles. The van der Waals surface area contributed by atoms with Crippen molar-refractivity contribution in [3.05, 3.63) is 40.3 Å². The summed E-state index contributed by atoms with van der Waals surface area (Å²) >= 11 is 0. The fourth-order valence-electron chi connectivity index (χ4n) is 1.21. The number of phenols is 1. The van der Waals surface area contributed by atoms with Gasteiger partial charge >= 0.3 is 0 Å². The second-order valence-corrected chi connectivity index (χ2v) is 3.06. The summed E-state index contributed by atoms with van der Waals surface area (Å²) in [6.07, 6.45) is 0. The smallest absolute Gasteiger partial charge is 0.121 e. The molecule has 82 valence electrons. The maximum atomic E-state index is 9.10. The Morgan fingerprint density at radius 1 is 1.50 bits per heavy atom. The quantitative estimate of drug-likeness (QED) is 0.340. The Morgan fingerprint density at radius 2 is 2.19 bits per heavy atom. The molecule has 0 aliphatic carbocycles. The molecule has 0 aliphatic heterocycles. The molecular formula is C10H11N5O. The molecule has 0 spiro atoms. The Bertz CT molecular complexity index is 416. The highest BCUT2D eigenvalue weighted by atomic mass is 16.3. The molecule has 1 aromatic carbocycles. The van der Waals surface area contributed by atoms with Gasteiger partial charge in [0.1, 0.15) is 11.8 Å². The van der Waals surface area contributed by atoms with Crippen molar-refractivity contribution in [2.75, 3.05) is 13.1 Å². The van der Waals surface area contributed by atoms with Crippen molar-refractivity contribution in [3.63, 3.8) is 0 Å². The monoisotopic (exact) mass is 217 g/mol. The lowest BCUT2D eigenvalue weighted by molar-refractivity contribution is 0.474. The van der Waals surface area contributed by atoms with E-state index in [9.17, 15) is 0 Å². The standard InChI is InChI=1S/C10H11N5O/c11-7-10(13-5-6-14-15-12)8-1-3-9(16)4-2-8/h1-4,10,13,16H,5-6H2. The van der Waals surface area contributed by atoms with Crippen molar-refractivity contribution < 1.29 is 5.11 Å². The van der Waals surface area contributed by atoms with E-state index < -0.39 is 6.04 Å². The Labute approximate surface area is 92.8 Å². The first-order chi connectivity index (χ1) is 7.77. The van der Waals surface area contributed by atoms with Crippen molar-refractivity contribution in [3.8, 4) is 11.8 Å². The van der Waals surface area contributed by atoms with Crippen LogP contribution in [0.1, 0.15) is 11.6 Å². The molecule has 6 heteroatoms. The average Bonchev–Trinajstić information content (AvgIpc) is 2.31. The zero-order valence-electron chi connectivity index (χ0n) is 8.54. The summed E-state index contributed by atoms with van der Waals surface area (Å²) in [6.45, 7) is 0.732. The van der Waals surface area contributed by atoms with Crippen molar-refractivity contribution in [2.45, 2.75) is 6.04 Å². The van der Waals surface area contributed by atoms with Crippen LogP contribution in [0.4, 0.5) is 0 Å². The topological polar surface area (TPSA) is 105 Å². The predicted molar refractivity (Wildman–Crippen MR) is 58.5 cm³/mol. The number of nitrogens with zero attached hydrogens (tertiary/aromatic N) is 4. The maximum absolute atomic E-state index is 9.10. The first-order valence-electron chi connectivity index (χ1n) is 4.70. The normalized spacial score (nSPS) is 11.2. The second kappa shape index (κ2) is 6.30. The molecule has 0 amide bonds. The molecule has 0 heterocycles. The largest absolute Gasteiger partial charge is 0.508 e. The van der Waals surface area contributed by atoms with Crippen LogP contribution in [-0.2, 0) is 0 Å². The molecule has 0 bridgehead atoms. The summed E-state index contributed by atoms with van der Waals surface area (Å²) < 4.78 is 0. The number of rotatable bonds is 5. The third kappa shape index (κ3) is 3.50. The molecule has 0 radical (unpaired) electrons. The summed E-state index contributed by atoms with van der Waals surface area (Å²) in [7, 11) is 0.